The molecule has 2 aliphatic heterocycles. The number of aromatic hydroxyl groups is 1. The molecule has 7 nitrogen and oxygen atoms in total. The monoisotopic (exact) mass is 664 g/mol. The molecular weight excluding hydrogens is 642 g/mol. The zero-order chi connectivity index (χ0) is 32.0. The Bertz CT molecular complexity index is 1860. The number of hydrogen-bond donors (Lipinski definition) is 1. The van der Waals surface area contributed by atoms with Crippen LogP contribution in [0.25, 0.3) is 6.08 Å². The maximum atomic E-state index is 14.4. The molecule has 11 heteroatoms. The predicted octanol–water partition coefficient (Wildman–Crippen LogP) is 6.60. The minimum absolute atomic E-state index is 0.0703. The topological polar surface area (TPSA) is 95.0 Å². The lowest BCUT2D eigenvalue weighted by atomic mass is 9.56. The van der Waals surface area contributed by atoms with Crippen LogP contribution in [0.1, 0.15) is 29.9 Å². The molecule has 228 valence electrons. The van der Waals surface area contributed by atoms with Gasteiger partial charge in [-0.2, -0.15) is 0 Å². The van der Waals surface area contributed by atoms with Crippen LogP contribution in [-0.4, -0.2) is 38.5 Å². The van der Waals surface area contributed by atoms with Crippen molar-refractivity contribution in [2.24, 2.45) is 17.8 Å². The molecule has 0 spiro atoms. The molecule has 2 saturated heterocycles. The number of carbonyl (C=O) groups is 4. The third-order valence-electron chi connectivity index (χ3n) is 9.58. The SMILES string of the molecule is C=Cc1ccc(N2C(=O)[C@H]3[C@H](CC=C4[C@H]3C[C@@]3(Cl)C(=O)N(c5ccc(F)cc5)C(=O)[C@@]3(Cl)[C@H]4c3ccc(O)cc3Cl)C2=O)cc1. The third kappa shape index (κ3) is 4.02. The average molecular weight is 666 g/mol. The Hall–Kier alpha value is -3.98. The van der Waals surface area contributed by atoms with Gasteiger partial charge in [-0.1, -0.05) is 54.1 Å². The molecule has 3 aromatic rings. The molecule has 0 bridgehead atoms. The molecule has 7 rings (SSSR count). The van der Waals surface area contributed by atoms with Crippen LogP contribution >= 0.6 is 34.8 Å². The highest BCUT2D eigenvalue weighted by Gasteiger charge is 2.76. The van der Waals surface area contributed by atoms with Gasteiger partial charge in [0.1, 0.15) is 11.6 Å². The molecule has 3 fully saturated rings. The summed E-state index contributed by atoms with van der Waals surface area (Å²) in [5, 5.41) is 10.2. The first-order valence-corrected chi connectivity index (χ1v) is 15.4. The Balaban J connectivity index is 1.39. The Morgan fingerprint density at radius 1 is 0.867 bits per heavy atom. The number of alkyl halides is 2. The van der Waals surface area contributed by atoms with Gasteiger partial charge in [-0.3, -0.25) is 24.1 Å². The Labute approximate surface area is 272 Å². The van der Waals surface area contributed by atoms with E-state index in [-0.39, 0.29) is 35.2 Å². The molecule has 4 aliphatic rings. The van der Waals surface area contributed by atoms with Crippen molar-refractivity contribution in [2.75, 3.05) is 9.80 Å². The molecule has 1 saturated carbocycles. The van der Waals surface area contributed by atoms with E-state index in [1.54, 1.807) is 36.4 Å². The van der Waals surface area contributed by atoms with Gasteiger partial charge in [-0.05, 0) is 78.4 Å². The van der Waals surface area contributed by atoms with Crippen molar-refractivity contribution in [1.82, 2.24) is 0 Å². The Morgan fingerprint density at radius 2 is 1.51 bits per heavy atom. The third-order valence-corrected chi connectivity index (χ3v) is 11.3. The molecule has 0 radical (unpaired) electrons. The van der Waals surface area contributed by atoms with E-state index in [1.165, 1.54) is 30.3 Å². The van der Waals surface area contributed by atoms with Gasteiger partial charge in [-0.15, -0.1) is 23.2 Å². The highest BCUT2D eigenvalue weighted by molar-refractivity contribution is 6.58. The number of fused-ring (bicyclic) bond motifs is 4. The fraction of sp³-hybridized carbons (Fsp3) is 0.235. The van der Waals surface area contributed by atoms with Crippen molar-refractivity contribution >= 4 is 75.9 Å². The van der Waals surface area contributed by atoms with E-state index in [1.807, 2.05) is 0 Å². The second kappa shape index (κ2) is 10.3. The van der Waals surface area contributed by atoms with Crippen molar-refractivity contribution in [2.45, 2.75) is 28.5 Å². The number of anilines is 2. The van der Waals surface area contributed by atoms with Crippen LogP contribution in [0.2, 0.25) is 5.02 Å². The maximum absolute atomic E-state index is 14.4. The summed E-state index contributed by atoms with van der Waals surface area (Å²) in [6.45, 7) is 3.74. The van der Waals surface area contributed by atoms with Gasteiger partial charge >= 0.3 is 0 Å². The van der Waals surface area contributed by atoms with E-state index in [2.05, 4.69) is 6.58 Å². The predicted molar refractivity (Wildman–Crippen MR) is 169 cm³/mol. The summed E-state index contributed by atoms with van der Waals surface area (Å²) in [5.41, 5.74) is 2.18. The second-order valence-corrected chi connectivity index (χ2v) is 13.4. The van der Waals surface area contributed by atoms with Gasteiger partial charge in [0, 0.05) is 10.9 Å². The number of phenols is 1. The van der Waals surface area contributed by atoms with E-state index >= 15 is 0 Å². The molecular formula is C34H24Cl3FN2O5. The quantitative estimate of drug-likeness (QED) is 0.193. The van der Waals surface area contributed by atoms with Gasteiger partial charge in [0.25, 0.3) is 11.8 Å². The number of amides is 4. The molecule has 1 N–H and O–H groups in total. The minimum atomic E-state index is -2.12. The average Bonchev–Trinajstić information content (AvgIpc) is 3.36. The van der Waals surface area contributed by atoms with Crippen molar-refractivity contribution in [3.05, 3.63) is 107 Å². The zero-order valence-corrected chi connectivity index (χ0v) is 25.7. The highest BCUT2D eigenvalue weighted by atomic mass is 35.5. The van der Waals surface area contributed by atoms with Crippen molar-refractivity contribution in [3.63, 3.8) is 0 Å². The van der Waals surface area contributed by atoms with E-state index < -0.39 is 57.0 Å². The van der Waals surface area contributed by atoms with Crippen LogP contribution in [0.3, 0.4) is 0 Å². The summed E-state index contributed by atoms with van der Waals surface area (Å²) in [4.78, 5) is 54.4. The molecule has 45 heavy (non-hydrogen) atoms. The molecule has 0 aromatic heterocycles. The van der Waals surface area contributed by atoms with Crippen LogP contribution in [-0.2, 0) is 19.2 Å². The number of allylic oxidation sites excluding steroid dienone is 2. The second-order valence-electron chi connectivity index (χ2n) is 11.8. The first kappa shape index (κ1) is 29.7. The lowest BCUT2D eigenvalue weighted by molar-refractivity contribution is -0.125. The van der Waals surface area contributed by atoms with Crippen LogP contribution in [0, 0.1) is 23.6 Å². The number of halogens is 4. The number of nitrogens with zero attached hydrogens (tertiary/aromatic N) is 2. The Morgan fingerprint density at radius 3 is 2.16 bits per heavy atom. The summed E-state index contributed by atoms with van der Waals surface area (Å²) < 4.78 is 13.8. The van der Waals surface area contributed by atoms with Crippen molar-refractivity contribution in [3.8, 4) is 5.75 Å². The van der Waals surface area contributed by atoms with E-state index in [4.69, 9.17) is 34.8 Å². The molecule has 3 aromatic carbocycles. The molecule has 4 amide bonds. The first-order chi connectivity index (χ1) is 21.4. The summed E-state index contributed by atoms with van der Waals surface area (Å²) in [6, 6.07) is 15.8. The van der Waals surface area contributed by atoms with Gasteiger partial charge in [0.2, 0.25) is 11.8 Å². The standard InChI is InChI=1S/C34H24Cl3FN2O5/c1-2-17-3-7-19(8-4-17)39-29(42)24-14-13-22-25(27(24)30(39)43)16-33(36)31(44)40(20-9-5-18(38)6-10-20)32(45)34(33,37)28(22)23-12-11-21(41)15-26(23)35/h2-13,15,24-25,27-28,41H,1,14,16H2/t24-,25+,27-,28+,33+,34-/m0/s1. The number of phenolic OH excluding ortho intramolecular Hbond substituents is 1. The molecule has 6 atom stereocenters. The fourth-order valence-corrected chi connectivity index (χ4v) is 8.72. The van der Waals surface area contributed by atoms with Gasteiger partial charge in [0.15, 0.2) is 9.75 Å². The van der Waals surface area contributed by atoms with Crippen LogP contribution in [0.4, 0.5) is 15.8 Å². The smallest absolute Gasteiger partial charge is 0.258 e. The van der Waals surface area contributed by atoms with Gasteiger partial charge < -0.3 is 5.11 Å². The summed E-state index contributed by atoms with van der Waals surface area (Å²) in [6.07, 6.45) is 3.41. The van der Waals surface area contributed by atoms with Gasteiger partial charge in [0.05, 0.1) is 23.2 Å². The van der Waals surface area contributed by atoms with Crippen molar-refractivity contribution < 1.29 is 28.7 Å². The number of rotatable bonds is 4. The fourth-order valence-electron chi connectivity index (χ4n) is 7.51. The number of imide groups is 2. The van der Waals surface area contributed by atoms with E-state index in [0.29, 0.717) is 16.8 Å². The molecule has 0 unspecified atom stereocenters. The number of hydrogen-bond acceptors (Lipinski definition) is 5. The largest absolute Gasteiger partial charge is 0.508 e. The molecule has 2 aliphatic carbocycles. The number of carbonyl (C=O) groups excluding carboxylic acids is 4. The van der Waals surface area contributed by atoms with E-state index in [9.17, 15) is 28.7 Å². The summed E-state index contributed by atoms with van der Waals surface area (Å²) in [5.74, 6) is -6.69. The lowest BCUT2D eigenvalue weighted by Gasteiger charge is -2.50. The van der Waals surface area contributed by atoms with E-state index in [0.717, 1.165) is 27.5 Å². The van der Waals surface area contributed by atoms with Crippen molar-refractivity contribution in [1.29, 1.82) is 0 Å². The van der Waals surface area contributed by atoms with Crippen LogP contribution < -0.4 is 9.80 Å². The molecule has 2 heterocycles. The Kier molecular flexibility index (Phi) is 6.78. The van der Waals surface area contributed by atoms with Crippen LogP contribution in [0.15, 0.2) is 85.0 Å². The van der Waals surface area contributed by atoms with Gasteiger partial charge in [-0.25, -0.2) is 9.29 Å². The minimum Gasteiger partial charge on any atom is -0.508 e. The summed E-state index contributed by atoms with van der Waals surface area (Å²) >= 11 is 21.3. The van der Waals surface area contributed by atoms with Crippen LogP contribution in [0.5, 0.6) is 5.75 Å². The lowest BCUT2D eigenvalue weighted by Crippen LogP contribution is -2.60. The zero-order valence-electron chi connectivity index (χ0n) is 23.4. The summed E-state index contributed by atoms with van der Waals surface area (Å²) in [7, 11) is 0. The highest BCUT2D eigenvalue weighted by Crippen LogP contribution is 2.66. The first-order valence-electron chi connectivity index (χ1n) is 14.2. The number of benzene rings is 3. The normalized spacial score (nSPS) is 30.6. The maximum Gasteiger partial charge on any atom is 0.258 e.